The number of anilines is 1. The SMILES string of the molecule is COc1ccc([C@@H]2SCC(=O)N2[C@@H]2C(=O)N(c3ccccc3)N(C)[C@@H]2C)c(OC)c1. The highest BCUT2D eigenvalue weighted by Crippen LogP contribution is 2.46. The molecule has 0 saturated carbocycles. The maximum absolute atomic E-state index is 13.5. The first-order valence-electron chi connectivity index (χ1n) is 9.74. The lowest BCUT2D eigenvalue weighted by molar-refractivity contribution is -0.136. The van der Waals surface area contributed by atoms with Crippen LogP contribution in [0.15, 0.2) is 48.5 Å². The molecule has 158 valence electrons. The molecule has 0 N–H and O–H groups in total. The average molecular weight is 428 g/mol. The number of carbonyl (C=O) groups is 2. The van der Waals surface area contributed by atoms with Crippen molar-refractivity contribution in [3.05, 3.63) is 54.1 Å². The van der Waals surface area contributed by atoms with Crippen LogP contribution in [0.25, 0.3) is 0 Å². The molecule has 0 aromatic heterocycles. The van der Waals surface area contributed by atoms with Crippen LogP contribution >= 0.6 is 11.8 Å². The Bertz CT molecular complexity index is 955. The molecule has 0 bridgehead atoms. The molecule has 0 aliphatic carbocycles. The van der Waals surface area contributed by atoms with Crippen LogP contribution in [0.5, 0.6) is 11.5 Å². The number of nitrogens with zero attached hydrogens (tertiary/aromatic N) is 3. The van der Waals surface area contributed by atoms with Crippen LogP contribution in [0, 0.1) is 0 Å². The second kappa shape index (κ2) is 8.20. The number of hydrogen-bond donors (Lipinski definition) is 0. The quantitative estimate of drug-likeness (QED) is 0.731. The number of carbonyl (C=O) groups excluding carboxylic acids is 2. The Morgan fingerprint density at radius 2 is 1.77 bits per heavy atom. The number of methoxy groups -OCH3 is 2. The van der Waals surface area contributed by atoms with Gasteiger partial charge in [0.05, 0.1) is 31.7 Å². The zero-order valence-corrected chi connectivity index (χ0v) is 18.3. The third-order valence-corrected chi connectivity index (χ3v) is 6.95. The van der Waals surface area contributed by atoms with Crippen molar-refractivity contribution in [1.82, 2.24) is 9.91 Å². The number of hydrazine groups is 1. The van der Waals surface area contributed by atoms with E-state index in [-0.39, 0.29) is 23.2 Å². The fraction of sp³-hybridized carbons (Fsp3) is 0.364. The van der Waals surface area contributed by atoms with Gasteiger partial charge in [0.1, 0.15) is 22.9 Å². The Hall–Kier alpha value is -2.71. The Labute approximate surface area is 180 Å². The fourth-order valence-electron chi connectivity index (χ4n) is 4.10. The second-order valence-corrected chi connectivity index (χ2v) is 8.39. The van der Waals surface area contributed by atoms with E-state index in [1.807, 2.05) is 61.4 Å². The van der Waals surface area contributed by atoms with Gasteiger partial charge in [-0.15, -0.1) is 11.8 Å². The highest BCUT2D eigenvalue weighted by atomic mass is 32.2. The lowest BCUT2D eigenvalue weighted by atomic mass is 10.1. The van der Waals surface area contributed by atoms with Crippen molar-refractivity contribution in [1.29, 1.82) is 0 Å². The maximum atomic E-state index is 13.5. The van der Waals surface area contributed by atoms with Crippen LogP contribution in [-0.2, 0) is 9.59 Å². The number of likely N-dealkylation sites (N-methyl/N-ethyl adjacent to an activating group) is 1. The summed E-state index contributed by atoms with van der Waals surface area (Å²) in [6, 6.07) is 14.3. The van der Waals surface area contributed by atoms with Crippen molar-refractivity contribution in [2.45, 2.75) is 24.4 Å². The van der Waals surface area contributed by atoms with Crippen LogP contribution in [0.2, 0.25) is 0 Å². The maximum Gasteiger partial charge on any atom is 0.266 e. The number of thioether (sulfide) groups is 1. The number of ether oxygens (including phenoxy) is 2. The molecule has 2 saturated heterocycles. The molecule has 2 fully saturated rings. The monoisotopic (exact) mass is 427 g/mol. The summed E-state index contributed by atoms with van der Waals surface area (Å²) in [6.45, 7) is 1.98. The van der Waals surface area contributed by atoms with E-state index < -0.39 is 6.04 Å². The van der Waals surface area contributed by atoms with Crippen molar-refractivity contribution >= 4 is 29.3 Å². The minimum atomic E-state index is -0.588. The zero-order valence-electron chi connectivity index (χ0n) is 17.4. The predicted molar refractivity (Wildman–Crippen MR) is 117 cm³/mol. The highest BCUT2D eigenvalue weighted by Gasteiger charge is 2.52. The summed E-state index contributed by atoms with van der Waals surface area (Å²) in [7, 11) is 5.08. The lowest BCUT2D eigenvalue weighted by Crippen LogP contribution is -2.47. The molecule has 4 rings (SSSR count). The number of amides is 2. The summed E-state index contributed by atoms with van der Waals surface area (Å²) in [6.07, 6.45) is 0. The molecule has 0 spiro atoms. The van der Waals surface area contributed by atoms with Gasteiger partial charge in [0.25, 0.3) is 5.91 Å². The molecule has 8 heteroatoms. The molecule has 2 aliphatic rings. The van der Waals surface area contributed by atoms with E-state index >= 15 is 0 Å². The third kappa shape index (κ3) is 3.30. The van der Waals surface area contributed by atoms with Crippen LogP contribution in [0.3, 0.4) is 0 Å². The molecule has 0 unspecified atom stereocenters. The van der Waals surface area contributed by atoms with E-state index in [0.29, 0.717) is 17.3 Å². The average Bonchev–Trinajstić information content (AvgIpc) is 3.24. The van der Waals surface area contributed by atoms with Crippen molar-refractivity contribution in [2.24, 2.45) is 0 Å². The molecule has 2 heterocycles. The predicted octanol–water partition coefficient (Wildman–Crippen LogP) is 2.93. The van der Waals surface area contributed by atoms with E-state index in [2.05, 4.69) is 0 Å². The van der Waals surface area contributed by atoms with Gasteiger partial charge in [-0.25, -0.2) is 10.0 Å². The molecular formula is C22H25N3O4S. The highest BCUT2D eigenvalue weighted by molar-refractivity contribution is 8.00. The number of para-hydroxylation sites is 1. The van der Waals surface area contributed by atoms with Gasteiger partial charge in [0.2, 0.25) is 5.91 Å². The third-order valence-electron chi connectivity index (χ3n) is 5.74. The minimum Gasteiger partial charge on any atom is -0.497 e. The summed E-state index contributed by atoms with van der Waals surface area (Å²) < 4.78 is 10.9. The first-order valence-corrected chi connectivity index (χ1v) is 10.8. The molecule has 2 aromatic rings. The van der Waals surface area contributed by atoms with E-state index in [1.165, 1.54) is 11.8 Å². The normalized spacial score (nSPS) is 24.6. The molecule has 0 radical (unpaired) electrons. The summed E-state index contributed by atoms with van der Waals surface area (Å²) in [4.78, 5) is 28.2. The summed E-state index contributed by atoms with van der Waals surface area (Å²) in [5, 5.41) is 3.26. The molecular weight excluding hydrogens is 402 g/mol. The Kier molecular flexibility index (Phi) is 5.62. The molecule has 30 heavy (non-hydrogen) atoms. The number of hydrogen-bond acceptors (Lipinski definition) is 6. The van der Waals surface area contributed by atoms with Crippen molar-refractivity contribution in [3.63, 3.8) is 0 Å². The summed E-state index contributed by atoms with van der Waals surface area (Å²) >= 11 is 1.51. The second-order valence-electron chi connectivity index (χ2n) is 7.32. The number of benzene rings is 2. The van der Waals surface area contributed by atoms with E-state index in [9.17, 15) is 9.59 Å². The van der Waals surface area contributed by atoms with Gasteiger partial charge >= 0.3 is 0 Å². The molecule has 3 atom stereocenters. The summed E-state index contributed by atoms with van der Waals surface area (Å²) in [5.41, 5.74) is 1.65. The van der Waals surface area contributed by atoms with Gasteiger partial charge in [-0.1, -0.05) is 18.2 Å². The van der Waals surface area contributed by atoms with Crippen LogP contribution < -0.4 is 14.5 Å². The van der Waals surface area contributed by atoms with Crippen LogP contribution in [0.4, 0.5) is 5.69 Å². The topological polar surface area (TPSA) is 62.3 Å². The standard InChI is InChI=1S/C22H25N3O4S/c1-14-20(21(27)25(23(14)2)15-8-6-5-7-9-15)24-19(26)13-30-22(24)17-11-10-16(28-3)12-18(17)29-4/h5-12,14,20,22H,13H2,1-4H3/t14-,20+,22+/m1/s1. The molecule has 7 nitrogen and oxygen atoms in total. The van der Waals surface area contributed by atoms with Gasteiger partial charge in [0.15, 0.2) is 0 Å². The van der Waals surface area contributed by atoms with E-state index in [1.54, 1.807) is 30.2 Å². The number of rotatable bonds is 5. The van der Waals surface area contributed by atoms with Crippen molar-refractivity contribution in [2.75, 3.05) is 32.0 Å². The molecule has 2 aliphatic heterocycles. The largest absolute Gasteiger partial charge is 0.497 e. The minimum absolute atomic E-state index is 0.0450. The Morgan fingerprint density at radius 1 is 1.03 bits per heavy atom. The van der Waals surface area contributed by atoms with Gasteiger partial charge < -0.3 is 14.4 Å². The summed E-state index contributed by atoms with van der Waals surface area (Å²) in [5.74, 6) is 1.49. The molecule has 2 aromatic carbocycles. The van der Waals surface area contributed by atoms with E-state index in [4.69, 9.17) is 9.47 Å². The zero-order chi connectivity index (χ0) is 21.4. The smallest absolute Gasteiger partial charge is 0.266 e. The Morgan fingerprint density at radius 3 is 2.43 bits per heavy atom. The molecule has 2 amide bonds. The van der Waals surface area contributed by atoms with Gasteiger partial charge in [-0.05, 0) is 31.2 Å². The van der Waals surface area contributed by atoms with Crippen molar-refractivity contribution in [3.8, 4) is 11.5 Å². The fourth-order valence-corrected chi connectivity index (χ4v) is 5.34. The van der Waals surface area contributed by atoms with Gasteiger partial charge in [-0.2, -0.15) is 0 Å². The Balaban J connectivity index is 1.71. The lowest BCUT2D eigenvalue weighted by Gasteiger charge is -2.31. The van der Waals surface area contributed by atoms with Gasteiger partial charge in [-0.3, -0.25) is 9.59 Å². The van der Waals surface area contributed by atoms with E-state index in [0.717, 1.165) is 11.3 Å². The van der Waals surface area contributed by atoms with Crippen LogP contribution in [0.1, 0.15) is 17.9 Å². The van der Waals surface area contributed by atoms with Gasteiger partial charge in [0, 0.05) is 18.7 Å². The first kappa shape index (κ1) is 20.6. The first-order chi connectivity index (χ1) is 14.5. The van der Waals surface area contributed by atoms with Crippen LogP contribution in [-0.4, -0.2) is 60.8 Å². The van der Waals surface area contributed by atoms with Crippen molar-refractivity contribution < 1.29 is 19.1 Å².